The first-order chi connectivity index (χ1) is 10.1. The third-order valence-corrected chi connectivity index (χ3v) is 5.54. The summed E-state index contributed by atoms with van der Waals surface area (Å²) in [6.45, 7) is 1.35. The van der Waals surface area contributed by atoms with E-state index in [9.17, 15) is 4.79 Å². The summed E-state index contributed by atoms with van der Waals surface area (Å²) in [4.78, 5) is 14.7. The fraction of sp³-hybridized carbons (Fsp3) is 0.562. The van der Waals surface area contributed by atoms with E-state index in [0.717, 1.165) is 43.4 Å². The molecule has 3 atom stereocenters. The molecule has 3 aliphatic heterocycles. The minimum atomic E-state index is 0.0555. The van der Waals surface area contributed by atoms with Crippen molar-refractivity contribution in [3.05, 3.63) is 33.3 Å². The molecule has 0 spiro atoms. The molecule has 1 aromatic carbocycles. The highest BCUT2D eigenvalue weighted by Gasteiger charge is 2.46. The van der Waals surface area contributed by atoms with Gasteiger partial charge in [-0.05, 0) is 48.9 Å². The van der Waals surface area contributed by atoms with Gasteiger partial charge in [0.1, 0.15) is 0 Å². The maximum absolute atomic E-state index is 12.7. The molecule has 2 saturated heterocycles. The molecule has 0 N–H and O–H groups in total. The smallest absolute Gasteiger partial charge is 0.228 e. The van der Waals surface area contributed by atoms with E-state index in [2.05, 4.69) is 0 Å². The lowest BCUT2D eigenvalue weighted by molar-refractivity contribution is -0.138. The number of hydrogen-bond donors (Lipinski definition) is 0. The molecule has 0 saturated carbocycles. The molecule has 5 heteroatoms. The molecule has 0 unspecified atom stereocenters. The Hall–Kier alpha value is -0.770. The van der Waals surface area contributed by atoms with Crippen LogP contribution in [0.25, 0.3) is 0 Å². The standard InChI is InChI=1S/C16H17Cl2NO2/c17-10-5-9-8-19(4-3-12(9)14(18)6-10)16(20)13-7-11-1-2-15(13)21-11/h5-6,11,13,15H,1-4,7-8H2/t11-,13+,15-/m0/s1. The van der Waals surface area contributed by atoms with Crippen LogP contribution in [0.3, 0.4) is 0 Å². The van der Waals surface area contributed by atoms with Gasteiger partial charge in [-0.1, -0.05) is 23.2 Å². The van der Waals surface area contributed by atoms with E-state index in [1.54, 1.807) is 6.07 Å². The Morgan fingerprint density at radius 2 is 2.14 bits per heavy atom. The van der Waals surface area contributed by atoms with E-state index in [0.29, 0.717) is 22.7 Å². The van der Waals surface area contributed by atoms with E-state index in [1.807, 2.05) is 11.0 Å². The summed E-state index contributed by atoms with van der Waals surface area (Å²) in [5.74, 6) is 0.295. The van der Waals surface area contributed by atoms with Gasteiger partial charge in [-0.3, -0.25) is 4.79 Å². The number of fused-ring (bicyclic) bond motifs is 3. The average molecular weight is 326 g/mol. The summed E-state index contributed by atoms with van der Waals surface area (Å²) < 4.78 is 5.81. The lowest BCUT2D eigenvalue weighted by Crippen LogP contribution is -2.42. The van der Waals surface area contributed by atoms with Crippen molar-refractivity contribution in [2.45, 2.75) is 44.4 Å². The van der Waals surface area contributed by atoms with Gasteiger partial charge < -0.3 is 9.64 Å². The van der Waals surface area contributed by atoms with E-state index in [1.165, 1.54) is 0 Å². The van der Waals surface area contributed by atoms with E-state index in [-0.39, 0.29) is 17.9 Å². The normalized spacial score (nSPS) is 30.6. The lowest BCUT2D eigenvalue weighted by Gasteiger charge is -2.33. The molecular formula is C16H17Cl2NO2. The molecule has 1 amide bonds. The number of hydrogen-bond acceptors (Lipinski definition) is 2. The van der Waals surface area contributed by atoms with Crippen LogP contribution in [0.1, 0.15) is 30.4 Å². The molecule has 112 valence electrons. The Balaban J connectivity index is 1.54. The van der Waals surface area contributed by atoms with Crippen LogP contribution in [-0.4, -0.2) is 29.6 Å². The van der Waals surface area contributed by atoms with Crippen molar-refractivity contribution in [1.82, 2.24) is 4.90 Å². The molecule has 0 aliphatic carbocycles. The molecule has 2 bridgehead atoms. The maximum atomic E-state index is 12.7. The summed E-state index contributed by atoms with van der Waals surface area (Å²) in [6, 6.07) is 3.71. The summed E-state index contributed by atoms with van der Waals surface area (Å²) in [5.41, 5.74) is 2.21. The molecule has 3 nitrogen and oxygen atoms in total. The van der Waals surface area contributed by atoms with Gasteiger partial charge in [-0.15, -0.1) is 0 Å². The largest absolute Gasteiger partial charge is 0.374 e. The first kappa shape index (κ1) is 13.9. The van der Waals surface area contributed by atoms with Gasteiger partial charge in [-0.25, -0.2) is 0 Å². The lowest BCUT2D eigenvalue weighted by atomic mass is 9.87. The van der Waals surface area contributed by atoms with Crippen LogP contribution in [0, 0.1) is 5.92 Å². The van der Waals surface area contributed by atoms with Crippen molar-refractivity contribution in [2.75, 3.05) is 6.54 Å². The maximum Gasteiger partial charge on any atom is 0.228 e. The fourth-order valence-corrected chi connectivity index (χ4v) is 4.56. The first-order valence-electron chi connectivity index (χ1n) is 7.53. The molecule has 0 aromatic heterocycles. The molecule has 0 radical (unpaired) electrons. The van der Waals surface area contributed by atoms with Crippen LogP contribution < -0.4 is 0 Å². The van der Waals surface area contributed by atoms with E-state index >= 15 is 0 Å². The Morgan fingerprint density at radius 3 is 2.86 bits per heavy atom. The average Bonchev–Trinajstić information content (AvgIpc) is 3.08. The van der Waals surface area contributed by atoms with Crippen LogP contribution in [0.15, 0.2) is 12.1 Å². The number of rotatable bonds is 1. The van der Waals surface area contributed by atoms with Crippen molar-refractivity contribution in [1.29, 1.82) is 0 Å². The minimum absolute atomic E-state index is 0.0555. The number of benzene rings is 1. The van der Waals surface area contributed by atoms with Crippen molar-refractivity contribution >= 4 is 29.1 Å². The molecule has 3 aliphatic rings. The highest BCUT2D eigenvalue weighted by molar-refractivity contribution is 6.35. The number of carbonyl (C=O) groups is 1. The fourth-order valence-electron chi connectivity index (χ4n) is 3.93. The Kier molecular flexibility index (Phi) is 3.40. The zero-order valence-electron chi connectivity index (χ0n) is 11.6. The quantitative estimate of drug-likeness (QED) is 0.791. The Morgan fingerprint density at radius 1 is 1.29 bits per heavy atom. The van der Waals surface area contributed by atoms with Crippen molar-refractivity contribution in [2.24, 2.45) is 5.92 Å². The molecule has 4 rings (SSSR count). The second kappa shape index (κ2) is 5.15. The summed E-state index contributed by atoms with van der Waals surface area (Å²) in [7, 11) is 0. The molecular weight excluding hydrogens is 309 g/mol. The monoisotopic (exact) mass is 325 g/mol. The molecule has 3 heterocycles. The van der Waals surface area contributed by atoms with Crippen molar-refractivity contribution in [3.8, 4) is 0 Å². The molecule has 21 heavy (non-hydrogen) atoms. The predicted octanol–water partition coefficient (Wildman–Crippen LogP) is 3.45. The van der Waals surface area contributed by atoms with Crippen LogP contribution in [0.5, 0.6) is 0 Å². The summed E-state index contributed by atoms with van der Waals surface area (Å²) >= 11 is 12.3. The van der Waals surface area contributed by atoms with Gasteiger partial charge in [0.25, 0.3) is 0 Å². The van der Waals surface area contributed by atoms with E-state index < -0.39 is 0 Å². The van der Waals surface area contributed by atoms with Crippen LogP contribution in [0.4, 0.5) is 0 Å². The number of ether oxygens (including phenoxy) is 1. The summed E-state index contributed by atoms with van der Waals surface area (Å²) in [6.07, 6.45) is 4.30. The number of amides is 1. The van der Waals surface area contributed by atoms with Crippen LogP contribution >= 0.6 is 23.2 Å². The second-order valence-electron chi connectivity index (χ2n) is 6.25. The van der Waals surface area contributed by atoms with Gasteiger partial charge in [0.05, 0.1) is 18.1 Å². The highest BCUT2D eigenvalue weighted by Crippen LogP contribution is 2.40. The minimum Gasteiger partial charge on any atom is -0.374 e. The number of nitrogens with zero attached hydrogens (tertiary/aromatic N) is 1. The highest BCUT2D eigenvalue weighted by atomic mass is 35.5. The van der Waals surface area contributed by atoms with E-state index in [4.69, 9.17) is 27.9 Å². The number of halogens is 2. The summed E-state index contributed by atoms with van der Waals surface area (Å²) in [5, 5.41) is 1.35. The zero-order chi connectivity index (χ0) is 14.6. The topological polar surface area (TPSA) is 29.5 Å². The SMILES string of the molecule is O=C([C@@H]1C[C@@H]2CC[C@@H]1O2)N1CCc2c(Cl)cc(Cl)cc2C1. The zero-order valence-corrected chi connectivity index (χ0v) is 13.2. The third-order valence-electron chi connectivity index (χ3n) is 4.98. The Bertz CT molecular complexity index is 604. The van der Waals surface area contributed by atoms with Gasteiger partial charge in [0.15, 0.2) is 0 Å². The van der Waals surface area contributed by atoms with Gasteiger partial charge in [0.2, 0.25) is 5.91 Å². The van der Waals surface area contributed by atoms with Gasteiger partial charge >= 0.3 is 0 Å². The first-order valence-corrected chi connectivity index (χ1v) is 8.28. The predicted molar refractivity (Wildman–Crippen MR) is 81.6 cm³/mol. The molecule has 2 fully saturated rings. The van der Waals surface area contributed by atoms with Crippen LogP contribution in [0.2, 0.25) is 10.0 Å². The van der Waals surface area contributed by atoms with Gasteiger partial charge in [0, 0.05) is 23.1 Å². The second-order valence-corrected chi connectivity index (χ2v) is 7.09. The van der Waals surface area contributed by atoms with Crippen molar-refractivity contribution in [3.63, 3.8) is 0 Å². The Labute approximate surface area is 134 Å². The van der Waals surface area contributed by atoms with Gasteiger partial charge in [-0.2, -0.15) is 0 Å². The van der Waals surface area contributed by atoms with Crippen molar-refractivity contribution < 1.29 is 9.53 Å². The van der Waals surface area contributed by atoms with Crippen LogP contribution in [-0.2, 0) is 22.5 Å². The number of carbonyl (C=O) groups excluding carboxylic acids is 1. The third kappa shape index (κ3) is 2.36. The molecule has 1 aromatic rings.